The van der Waals surface area contributed by atoms with Gasteiger partial charge in [0.1, 0.15) is 0 Å². The summed E-state index contributed by atoms with van der Waals surface area (Å²) < 4.78 is 1.81. The van der Waals surface area contributed by atoms with Crippen molar-refractivity contribution in [2.24, 2.45) is 0 Å². The molecule has 0 atom stereocenters. The molecule has 2 nitrogen and oxygen atoms in total. The molecule has 0 spiro atoms. The van der Waals surface area contributed by atoms with E-state index >= 15 is 0 Å². The smallest absolute Gasteiger partial charge is 0.0495 e. The molecule has 0 aromatic rings. The fourth-order valence-corrected chi connectivity index (χ4v) is 0.617. The predicted octanol–water partition coefficient (Wildman–Crippen LogP) is 0.630. The Hall–Kier alpha value is -0.0200. The topological polar surface area (TPSA) is 15.3 Å². The van der Waals surface area contributed by atoms with Crippen LogP contribution in [0, 0.1) is 0 Å². The normalized spacial score (nSPS) is 21.5. The SMILES string of the molecule is BrN1CC=CN1. The lowest BCUT2D eigenvalue weighted by molar-refractivity contribution is 0.501. The van der Waals surface area contributed by atoms with Gasteiger partial charge in [0.2, 0.25) is 0 Å². The second-order valence-corrected chi connectivity index (χ2v) is 1.93. The molecular formula is C3H5BrN2. The molecular weight excluding hydrogens is 144 g/mol. The maximum atomic E-state index is 3.20. The van der Waals surface area contributed by atoms with Crippen molar-refractivity contribution in [3.63, 3.8) is 0 Å². The Bertz CT molecular complexity index is 63.2. The molecule has 1 rings (SSSR count). The molecule has 0 fully saturated rings. The lowest BCUT2D eigenvalue weighted by atomic mass is 10.7. The number of rotatable bonds is 0. The molecule has 0 saturated carbocycles. The van der Waals surface area contributed by atoms with Crippen molar-refractivity contribution in [2.75, 3.05) is 6.54 Å². The summed E-state index contributed by atoms with van der Waals surface area (Å²) in [7, 11) is 0. The standard InChI is InChI=1S/C3H5BrN2/c4-6-3-1-2-5-6/h1-2,5H,3H2. The first kappa shape index (κ1) is 4.15. The van der Waals surface area contributed by atoms with Gasteiger partial charge in [-0.25, -0.2) is 0 Å². The van der Waals surface area contributed by atoms with Crippen molar-refractivity contribution in [2.45, 2.75) is 0 Å². The summed E-state index contributed by atoms with van der Waals surface area (Å²) in [5.41, 5.74) is 2.89. The van der Waals surface area contributed by atoms with Crippen LogP contribution in [0.1, 0.15) is 0 Å². The van der Waals surface area contributed by atoms with Crippen LogP contribution in [0.2, 0.25) is 0 Å². The first-order valence-corrected chi connectivity index (χ1v) is 2.45. The molecule has 0 aliphatic carbocycles. The van der Waals surface area contributed by atoms with Gasteiger partial charge in [0.25, 0.3) is 0 Å². The number of nitrogens with one attached hydrogen (secondary N) is 1. The summed E-state index contributed by atoms with van der Waals surface area (Å²) in [5.74, 6) is 0. The highest BCUT2D eigenvalue weighted by Gasteiger charge is 1.95. The van der Waals surface area contributed by atoms with Crippen molar-refractivity contribution < 1.29 is 0 Å². The van der Waals surface area contributed by atoms with Gasteiger partial charge >= 0.3 is 0 Å². The average molecular weight is 149 g/mol. The van der Waals surface area contributed by atoms with Gasteiger partial charge in [-0.2, -0.15) is 4.03 Å². The van der Waals surface area contributed by atoms with Crippen LogP contribution in [0.5, 0.6) is 0 Å². The molecule has 3 heteroatoms. The van der Waals surface area contributed by atoms with E-state index in [0.29, 0.717) is 0 Å². The molecule has 34 valence electrons. The molecule has 0 bridgehead atoms. The number of hydrogen-bond acceptors (Lipinski definition) is 2. The molecule has 0 saturated heterocycles. The zero-order valence-electron chi connectivity index (χ0n) is 3.19. The van der Waals surface area contributed by atoms with Crippen molar-refractivity contribution in [3.05, 3.63) is 12.3 Å². The summed E-state index contributed by atoms with van der Waals surface area (Å²) in [5, 5.41) is 0. The van der Waals surface area contributed by atoms with Crippen LogP contribution in [0.25, 0.3) is 0 Å². The molecule has 0 unspecified atom stereocenters. The molecule has 0 radical (unpaired) electrons. The Morgan fingerprint density at radius 2 is 2.67 bits per heavy atom. The van der Waals surface area contributed by atoms with Gasteiger partial charge in [0.15, 0.2) is 0 Å². The zero-order chi connectivity index (χ0) is 4.41. The second-order valence-electron chi connectivity index (χ2n) is 1.08. The fraction of sp³-hybridized carbons (Fsp3) is 0.333. The lowest BCUT2D eigenvalue weighted by Gasteiger charge is -2.00. The first-order valence-electron chi connectivity index (χ1n) is 1.74. The Balaban J connectivity index is 2.32. The Kier molecular flexibility index (Phi) is 1.12. The van der Waals surface area contributed by atoms with Crippen LogP contribution in [0.15, 0.2) is 12.3 Å². The molecule has 0 aromatic carbocycles. The second kappa shape index (κ2) is 1.62. The molecule has 6 heavy (non-hydrogen) atoms. The van der Waals surface area contributed by atoms with E-state index < -0.39 is 0 Å². The number of nitrogens with zero attached hydrogens (tertiary/aromatic N) is 1. The average Bonchev–Trinajstić information content (AvgIpc) is 1.86. The lowest BCUT2D eigenvalue weighted by Crippen LogP contribution is -2.16. The van der Waals surface area contributed by atoms with Gasteiger partial charge in [-0.15, -0.1) is 0 Å². The third kappa shape index (κ3) is 0.725. The number of hydrogen-bond donors (Lipinski definition) is 1. The number of halogens is 1. The minimum absolute atomic E-state index is 0.944. The molecule has 1 heterocycles. The summed E-state index contributed by atoms with van der Waals surface area (Å²) >= 11 is 3.20. The van der Waals surface area contributed by atoms with Crippen LogP contribution in [0.4, 0.5) is 0 Å². The maximum Gasteiger partial charge on any atom is 0.0495 e. The molecule has 1 aliphatic rings. The molecule has 1 N–H and O–H groups in total. The Morgan fingerprint density at radius 1 is 1.83 bits per heavy atom. The van der Waals surface area contributed by atoms with Gasteiger partial charge in [-0.3, -0.25) is 0 Å². The molecule has 0 amide bonds. The third-order valence-electron chi connectivity index (χ3n) is 0.598. The van der Waals surface area contributed by atoms with Crippen molar-refractivity contribution in [1.29, 1.82) is 0 Å². The largest absolute Gasteiger partial charge is 0.316 e. The molecule has 1 aliphatic heterocycles. The van der Waals surface area contributed by atoms with Crippen LogP contribution in [0.3, 0.4) is 0 Å². The van der Waals surface area contributed by atoms with Gasteiger partial charge < -0.3 is 5.43 Å². The van der Waals surface area contributed by atoms with E-state index in [1.807, 2.05) is 16.3 Å². The van der Waals surface area contributed by atoms with Gasteiger partial charge in [-0.1, -0.05) is 6.08 Å². The van der Waals surface area contributed by atoms with E-state index in [4.69, 9.17) is 0 Å². The fourth-order valence-electron chi connectivity index (χ4n) is 0.332. The zero-order valence-corrected chi connectivity index (χ0v) is 4.77. The van der Waals surface area contributed by atoms with E-state index in [1.165, 1.54) is 0 Å². The Morgan fingerprint density at radius 3 is 2.83 bits per heavy atom. The summed E-state index contributed by atoms with van der Waals surface area (Å²) in [6.07, 6.45) is 3.91. The number of hydrazine groups is 1. The van der Waals surface area contributed by atoms with Crippen molar-refractivity contribution in [1.82, 2.24) is 9.46 Å². The van der Waals surface area contributed by atoms with E-state index in [9.17, 15) is 0 Å². The van der Waals surface area contributed by atoms with E-state index in [2.05, 4.69) is 21.6 Å². The van der Waals surface area contributed by atoms with Crippen LogP contribution in [-0.2, 0) is 0 Å². The quantitative estimate of drug-likeness (QED) is 0.508. The van der Waals surface area contributed by atoms with Gasteiger partial charge in [0.05, 0.1) is 0 Å². The van der Waals surface area contributed by atoms with Gasteiger partial charge in [0, 0.05) is 28.9 Å². The van der Waals surface area contributed by atoms with Crippen molar-refractivity contribution >= 4 is 16.1 Å². The first-order chi connectivity index (χ1) is 2.89. The molecule has 0 aromatic heterocycles. The maximum absolute atomic E-state index is 3.20. The van der Waals surface area contributed by atoms with Crippen molar-refractivity contribution in [3.8, 4) is 0 Å². The highest BCUT2D eigenvalue weighted by molar-refractivity contribution is 9.07. The van der Waals surface area contributed by atoms with Crippen LogP contribution < -0.4 is 5.43 Å². The summed E-state index contributed by atoms with van der Waals surface area (Å²) in [4.78, 5) is 0. The van der Waals surface area contributed by atoms with E-state index in [-0.39, 0.29) is 0 Å². The van der Waals surface area contributed by atoms with Crippen LogP contribution >= 0.6 is 16.1 Å². The minimum atomic E-state index is 0.944. The highest BCUT2D eigenvalue weighted by atomic mass is 79.9. The van der Waals surface area contributed by atoms with E-state index in [0.717, 1.165) is 6.54 Å². The van der Waals surface area contributed by atoms with Gasteiger partial charge in [-0.05, 0) is 0 Å². The monoisotopic (exact) mass is 148 g/mol. The predicted molar refractivity (Wildman–Crippen MR) is 27.9 cm³/mol. The summed E-state index contributed by atoms with van der Waals surface area (Å²) in [6, 6.07) is 0. The third-order valence-corrected chi connectivity index (χ3v) is 1.09. The Labute approximate surface area is 45.1 Å². The minimum Gasteiger partial charge on any atom is -0.316 e. The van der Waals surface area contributed by atoms with E-state index in [1.54, 1.807) is 0 Å². The summed E-state index contributed by atoms with van der Waals surface area (Å²) in [6.45, 7) is 0.944. The highest BCUT2D eigenvalue weighted by Crippen LogP contribution is 1.96. The van der Waals surface area contributed by atoms with Crippen LogP contribution in [-0.4, -0.2) is 10.6 Å².